The zero-order valence-corrected chi connectivity index (χ0v) is 22.4. The fraction of sp³-hybridized carbons (Fsp3) is 0.552. The molecule has 0 saturated carbocycles. The van der Waals surface area contributed by atoms with Gasteiger partial charge in [0.1, 0.15) is 0 Å². The minimum Gasteiger partial charge on any atom is -0.337 e. The normalized spacial score (nSPS) is 17.6. The molecule has 8 nitrogen and oxygen atoms in total. The lowest BCUT2D eigenvalue weighted by molar-refractivity contribution is 0.102. The van der Waals surface area contributed by atoms with Crippen LogP contribution < -0.4 is 15.5 Å². The Labute approximate surface area is 221 Å². The highest BCUT2D eigenvalue weighted by Gasteiger charge is 2.30. The van der Waals surface area contributed by atoms with Crippen LogP contribution in [0.1, 0.15) is 69.2 Å². The second kappa shape index (κ2) is 13.5. The number of para-hydroxylation sites is 1. The van der Waals surface area contributed by atoms with Gasteiger partial charge in [0.2, 0.25) is 0 Å². The fourth-order valence-corrected chi connectivity index (χ4v) is 5.45. The van der Waals surface area contributed by atoms with Crippen molar-refractivity contribution < 1.29 is 9.59 Å². The van der Waals surface area contributed by atoms with E-state index in [4.69, 9.17) is 0 Å². The molecule has 4 rings (SSSR count). The lowest BCUT2D eigenvalue weighted by Gasteiger charge is -2.38. The second-order valence-electron chi connectivity index (χ2n) is 10.00. The molecule has 2 N–H and O–H groups in total. The van der Waals surface area contributed by atoms with Crippen LogP contribution in [-0.2, 0) is 0 Å². The van der Waals surface area contributed by atoms with Gasteiger partial charge in [0.15, 0.2) is 5.82 Å². The number of carbonyl (C=O) groups excluding carboxylic acids is 2. The van der Waals surface area contributed by atoms with Gasteiger partial charge in [-0.15, -0.1) is 0 Å². The molecule has 200 valence electrons. The molecule has 0 spiro atoms. The molecule has 2 aliphatic heterocycles. The number of carbonyl (C=O) groups is 2. The number of urea groups is 1. The molecule has 1 aromatic heterocycles. The third-order valence-electron chi connectivity index (χ3n) is 7.60. The van der Waals surface area contributed by atoms with Crippen molar-refractivity contribution in [1.82, 2.24) is 20.1 Å². The number of rotatable bonds is 11. The molecule has 1 unspecified atom stereocenters. The number of nitrogens with one attached hydrogen (secondary N) is 2. The monoisotopic (exact) mass is 506 g/mol. The molecule has 1 fully saturated rings. The van der Waals surface area contributed by atoms with Gasteiger partial charge in [-0.2, -0.15) is 0 Å². The summed E-state index contributed by atoms with van der Waals surface area (Å²) in [6.45, 7) is 11.0. The average molecular weight is 507 g/mol. The number of amides is 3. The van der Waals surface area contributed by atoms with E-state index in [2.05, 4.69) is 39.3 Å². The quantitative estimate of drug-likeness (QED) is 0.407. The van der Waals surface area contributed by atoms with Crippen LogP contribution in [-0.4, -0.2) is 72.0 Å². The van der Waals surface area contributed by atoms with Crippen LogP contribution in [0.2, 0.25) is 0 Å². The molecule has 1 aromatic carbocycles. The number of anilines is 3. The number of pyridine rings is 1. The summed E-state index contributed by atoms with van der Waals surface area (Å²) in [5.74, 6) is 0.187. The molecule has 8 heteroatoms. The first-order valence-electron chi connectivity index (χ1n) is 14.0. The number of aromatic nitrogens is 1. The van der Waals surface area contributed by atoms with E-state index in [0.29, 0.717) is 35.3 Å². The van der Waals surface area contributed by atoms with E-state index in [1.165, 1.54) is 56.6 Å². The molecule has 1 saturated heterocycles. The standard InChI is InChI=1S/C29H42N6O2/c1-3-33(4-2)22-23-14-9-12-21-34(23)20-11-6-5-10-18-31-29(37)35-26-17-8-7-15-24(26)28(36)32-25-16-13-19-30-27(25)35/h7-8,13,15-17,19,23H,3-6,9-12,14,18,20-22H2,1-2H3,(H,31,37)(H,32,36). The van der Waals surface area contributed by atoms with Gasteiger partial charge in [0, 0.05) is 25.3 Å². The van der Waals surface area contributed by atoms with Crippen molar-refractivity contribution in [3.8, 4) is 0 Å². The first-order chi connectivity index (χ1) is 18.1. The van der Waals surface area contributed by atoms with Crippen LogP contribution in [0.25, 0.3) is 0 Å². The van der Waals surface area contributed by atoms with Gasteiger partial charge in [0.25, 0.3) is 5.91 Å². The smallest absolute Gasteiger partial charge is 0.327 e. The first-order valence-corrected chi connectivity index (χ1v) is 14.0. The Morgan fingerprint density at radius 1 is 1.08 bits per heavy atom. The molecule has 3 heterocycles. The number of hydrogen-bond donors (Lipinski definition) is 2. The van der Waals surface area contributed by atoms with Gasteiger partial charge in [0.05, 0.1) is 16.9 Å². The molecule has 3 amide bonds. The van der Waals surface area contributed by atoms with Crippen molar-refractivity contribution >= 4 is 29.1 Å². The number of piperidine rings is 1. The Hall–Kier alpha value is -2.97. The number of benzene rings is 1. The van der Waals surface area contributed by atoms with E-state index in [0.717, 1.165) is 25.9 Å². The lowest BCUT2D eigenvalue weighted by Crippen LogP contribution is -2.47. The van der Waals surface area contributed by atoms with Gasteiger partial charge in [-0.25, -0.2) is 14.7 Å². The summed E-state index contributed by atoms with van der Waals surface area (Å²) >= 11 is 0. The molecule has 0 radical (unpaired) electrons. The molecule has 37 heavy (non-hydrogen) atoms. The van der Waals surface area contributed by atoms with Gasteiger partial charge in [-0.1, -0.05) is 45.2 Å². The maximum Gasteiger partial charge on any atom is 0.327 e. The third kappa shape index (κ3) is 6.87. The summed E-state index contributed by atoms with van der Waals surface area (Å²) in [6, 6.07) is 11.1. The predicted molar refractivity (Wildman–Crippen MR) is 150 cm³/mol. The second-order valence-corrected chi connectivity index (χ2v) is 10.00. The van der Waals surface area contributed by atoms with E-state index >= 15 is 0 Å². The van der Waals surface area contributed by atoms with Crippen LogP contribution >= 0.6 is 0 Å². The first kappa shape index (κ1) is 27.1. The molecular formula is C29H42N6O2. The fourth-order valence-electron chi connectivity index (χ4n) is 5.45. The third-order valence-corrected chi connectivity index (χ3v) is 7.60. The Morgan fingerprint density at radius 3 is 2.73 bits per heavy atom. The molecular weight excluding hydrogens is 464 g/mol. The predicted octanol–water partition coefficient (Wildman–Crippen LogP) is 5.25. The summed E-state index contributed by atoms with van der Waals surface area (Å²) < 4.78 is 0. The van der Waals surface area contributed by atoms with E-state index in [9.17, 15) is 9.59 Å². The maximum absolute atomic E-state index is 13.3. The Kier molecular flexibility index (Phi) is 9.91. The maximum atomic E-state index is 13.3. The van der Waals surface area contributed by atoms with E-state index in [1.54, 1.807) is 36.5 Å². The highest BCUT2D eigenvalue weighted by atomic mass is 16.2. The number of likely N-dealkylation sites (N-methyl/N-ethyl adjacent to an activating group) is 1. The number of likely N-dealkylation sites (tertiary alicyclic amines) is 1. The minimum absolute atomic E-state index is 0.242. The Balaban J connectivity index is 1.24. The Morgan fingerprint density at radius 2 is 1.89 bits per heavy atom. The van der Waals surface area contributed by atoms with Crippen molar-refractivity contribution in [2.24, 2.45) is 0 Å². The van der Waals surface area contributed by atoms with Crippen LogP contribution in [0.3, 0.4) is 0 Å². The van der Waals surface area contributed by atoms with Gasteiger partial charge in [-0.3, -0.25) is 9.69 Å². The van der Waals surface area contributed by atoms with E-state index in [1.807, 2.05) is 6.07 Å². The summed E-state index contributed by atoms with van der Waals surface area (Å²) in [5.41, 5.74) is 1.51. The summed E-state index contributed by atoms with van der Waals surface area (Å²) in [7, 11) is 0. The minimum atomic E-state index is -0.267. The topological polar surface area (TPSA) is 80.8 Å². The molecule has 1 atom stereocenters. The van der Waals surface area contributed by atoms with E-state index < -0.39 is 0 Å². The average Bonchev–Trinajstić information content (AvgIpc) is 3.05. The Bertz CT molecular complexity index is 1040. The van der Waals surface area contributed by atoms with Gasteiger partial charge >= 0.3 is 6.03 Å². The molecule has 2 aromatic rings. The molecule has 0 aliphatic carbocycles. The highest BCUT2D eigenvalue weighted by molar-refractivity contribution is 6.16. The zero-order valence-electron chi connectivity index (χ0n) is 22.4. The summed E-state index contributed by atoms with van der Waals surface area (Å²) in [6.07, 6.45) is 10.0. The number of fused-ring (bicyclic) bond motifs is 2. The number of unbranched alkanes of at least 4 members (excludes halogenated alkanes) is 3. The van der Waals surface area contributed by atoms with Gasteiger partial charge < -0.3 is 15.5 Å². The summed E-state index contributed by atoms with van der Waals surface area (Å²) in [5, 5.41) is 5.92. The molecule has 2 aliphatic rings. The van der Waals surface area contributed by atoms with Crippen molar-refractivity contribution in [3.63, 3.8) is 0 Å². The summed E-state index contributed by atoms with van der Waals surface area (Å²) in [4.78, 5) is 37.2. The number of nitrogens with zero attached hydrogens (tertiary/aromatic N) is 4. The van der Waals surface area contributed by atoms with E-state index in [-0.39, 0.29) is 11.9 Å². The van der Waals surface area contributed by atoms with Crippen LogP contribution in [0.5, 0.6) is 0 Å². The highest BCUT2D eigenvalue weighted by Crippen LogP contribution is 2.36. The lowest BCUT2D eigenvalue weighted by atomic mass is 10.0. The van der Waals surface area contributed by atoms with Crippen molar-refractivity contribution in [2.45, 2.75) is 64.8 Å². The van der Waals surface area contributed by atoms with Crippen molar-refractivity contribution in [2.75, 3.05) is 49.5 Å². The zero-order chi connectivity index (χ0) is 26.0. The van der Waals surface area contributed by atoms with Crippen molar-refractivity contribution in [3.05, 3.63) is 48.2 Å². The molecule has 0 bridgehead atoms. The SMILES string of the molecule is CCN(CC)CC1CCCCN1CCCCCCNC(=O)N1c2ccccc2C(=O)Nc2cccnc21. The van der Waals surface area contributed by atoms with Crippen LogP contribution in [0, 0.1) is 0 Å². The largest absolute Gasteiger partial charge is 0.337 e. The van der Waals surface area contributed by atoms with Crippen LogP contribution in [0.4, 0.5) is 22.0 Å². The number of hydrogen-bond acceptors (Lipinski definition) is 5. The van der Waals surface area contributed by atoms with Gasteiger partial charge in [-0.05, 0) is 76.1 Å². The van der Waals surface area contributed by atoms with Crippen LogP contribution in [0.15, 0.2) is 42.6 Å². The van der Waals surface area contributed by atoms with Crippen molar-refractivity contribution in [1.29, 1.82) is 0 Å².